The van der Waals surface area contributed by atoms with Crippen LogP contribution in [0.2, 0.25) is 0 Å². The van der Waals surface area contributed by atoms with Gasteiger partial charge in [-0.1, -0.05) is 46.0 Å². The van der Waals surface area contributed by atoms with E-state index in [0.29, 0.717) is 0 Å². The number of thioether (sulfide) groups is 1. The maximum atomic E-state index is 9.31. The molecule has 14 heavy (non-hydrogen) atoms. The molecule has 0 heterocycles. The van der Waals surface area contributed by atoms with Crippen molar-refractivity contribution in [1.29, 1.82) is 0 Å². The number of hydrogen-bond donors (Lipinski definition) is 1. The molecule has 0 aliphatic rings. The predicted molar refractivity (Wildman–Crippen MR) is 67.0 cm³/mol. The molecular weight excluding hydrogens is 192 g/mol. The minimum absolute atomic E-state index is 0.0832. The molecule has 1 nitrogen and oxygen atoms in total. The first-order valence-electron chi connectivity index (χ1n) is 6.07. The van der Waals surface area contributed by atoms with Crippen LogP contribution in [0.4, 0.5) is 0 Å². The molecule has 0 saturated carbocycles. The highest BCUT2D eigenvalue weighted by atomic mass is 32.2. The van der Waals surface area contributed by atoms with Gasteiger partial charge in [-0.25, -0.2) is 0 Å². The van der Waals surface area contributed by atoms with Crippen molar-refractivity contribution in [2.24, 2.45) is 0 Å². The molecule has 0 rings (SSSR count). The van der Waals surface area contributed by atoms with Gasteiger partial charge >= 0.3 is 0 Å². The Morgan fingerprint density at radius 1 is 1.00 bits per heavy atom. The van der Waals surface area contributed by atoms with Gasteiger partial charge in [0, 0.05) is 5.75 Å². The molecule has 2 heteroatoms. The van der Waals surface area contributed by atoms with Crippen molar-refractivity contribution in [3.05, 3.63) is 0 Å². The summed E-state index contributed by atoms with van der Waals surface area (Å²) >= 11 is 1.90. The van der Waals surface area contributed by atoms with Crippen LogP contribution in [0.15, 0.2) is 0 Å². The van der Waals surface area contributed by atoms with E-state index in [1.807, 2.05) is 18.7 Å². The molecule has 0 fully saturated rings. The summed E-state index contributed by atoms with van der Waals surface area (Å²) in [6, 6.07) is 0. The van der Waals surface area contributed by atoms with Gasteiger partial charge in [0.1, 0.15) is 0 Å². The van der Waals surface area contributed by atoms with Crippen LogP contribution < -0.4 is 0 Å². The lowest BCUT2D eigenvalue weighted by Gasteiger charge is -2.06. The molecule has 0 aromatic carbocycles. The van der Waals surface area contributed by atoms with Crippen LogP contribution in [0, 0.1) is 0 Å². The Labute approximate surface area is 93.7 Å². The van der Waals surface area contributed by atoms with E-state index in [2.05, 4.69) is 6.92 Å². The van der Waals surface area contributed by atoms with Crippen molar-refractivity contribution in [3.8, 4) is 0 Å². The molecule has 0 aromatic heterocycles. The number of aliphatic hydroxyl groups is 1. The highest BCUT2D eigenvalue weighted by Gasteiger charge is 1.99. The minimum atomic E-state index is -0.0832. The Kier molecular flexibility index (Phi) is 11.6. The number of aliphatic hydroxyl groups excluding tert-OH is 1. The van der Waals surface area contributed by atoms with E-state index < -0.39 is 0 Å². The highest BCUT2D eigenvalue weighted by Crippen LogP contribution is 2.11. The highest BCUT2D eigenvalue weighted by molar-refractivity contribution is 7.99. The van der Waals surface area contributed by atoms with Gasteiger partial charge < -0.3 is 5.11 Å². The fraction of sp³-hybridized carbons (Fsp3) is 1.00. The topological polar surface area (TPSA) is 20.2 Å². The summed E-state index contributed by atoms with van der Waals surface area (Å²) in [4.78, 5) is 0. The second kappa shape index (κ2) is 11.4. The van der Waals surface area contributed by atoms with Crippen LogP contribution in [0.3, 0.4) is 0 Å². The maximum absolute atomic E-state index is 9.31. The van der Waals surface area contributed by atoms with E-state index in [4.69, 9.17) is 0 Å². The summed E-state index contributed by atoms with van der Waals surface area (Å²) < 4.78 is 0. The maximum Gasteiger partial charge on any atom is 0.0628 e. The van der Waals surface area contributed by atoms with Gasteiger partial charge in [0.15, 0.2) is 0 Å². The fourth-order valence-corrected chi connectivity index (χ4v) is 2.40. The predicted octanol–water partition coefficient (Wildman–Crippen LogP) is 3.85. The van der Waals surface area contributed by atoms with E-state index in [1.54, 1.807) is 0 Å². The standard InChI is InChI=1S/C12H26OS/c1-3-5-6-7-8-9-10-14-11-12(13)4-2/h12-13H,3-11H2,1-2H3. The number of hydrogen-bond acceptors (Lipinski definition) is 2. The lowest BCUT2D eigenvalue weighted by Crippen LogP contribution is -2.07. The zero-order valence-corrected chi connectivity index (χ0v) is 10.6. The molecule has 0 aliphatic carbocycles. The molecule has 1 N–H and O–H groups in total. The Bertz CT molecular complexity index is 106. The van der Waals surface area contributed by atoms with Crippen LogP contribution in [0.5, 0.6) is 0 Å². The molecule has 0 radical (unpaired) electrons. The molecule has 1 atom stereocenters. The van der Waals surface area contributed by atoms with E-state index in [9.17, 15) is 5.11 Å². The van der Waals surface area contributed by atoms with Crippen molar-refractivity contribution in [1.82, 2.24) is 0 Å². The first-order valence-corrected chi connectivity index (χ1v) is 7.22. The lowest BCUT2D eigenvalue weighted by molar-refractivity contribution is 0.195. The Morgan fingerprint density at radius 3 is 2.29 bits per heavy atom. The van der Waals surface area contributed by atoms with Crippen molar-refractivity contribution in [2.45, 2.75) is 64.9 Å². The number of unbranched alkanes of at least 4 members (excludes halogenated alkanes) is 5. The quantitative estimate of drug-likeness (QED) is 0.562. The van der Waals surface area contributed by atoms with Crippen molar-refractivity contribution in [3.63, 3.8) is 0 Å². The summed E-state index contributed by atoms with van der Waals surface area (Å²) in [5, 5.41) is 9.31. The van der Waals surface area contributed by atoms with E-state index in [-0.39, 0.29) is 6.10 Å². The second-order valence-corrected chi connectivity index (χ2v) is 5.05. The minimum Gasteiger partial charge on any atom is -0.392 e. The van der Waals surface area contributed by atoms with E-state index >= 15 is 0 Å². The van der Waals surface area contributed by atoms with Gasteiger partial charge in [0.25, 0.3) is 0 Å². The zero-order chi connectivity index (χ0) is 10.6. The van der Waals surface area contributed by atoms with Crippen LogP contribution in [-0.2, 0) is 0 Å². The van der Waals surface area contributed by atoms with E-state index in [1.165, 1.54) is 44.3 Å². The molecular formula is C12H26OS. The van der Waals surface area contributed by atoms with Gasteiger partial charge in [-0.2, -0.15) is 11.8 Å². The Balaban J connectivity index is 2.92. The Hall–Kier alpha value is 0.310. The van der Waals surface area contributed by atoms with E-state index in [0.717, 1.165) is 12.2 Å². The fourth-order valence-electron chi connectivity index (χ4n) is 1.32. The summed E-state index contributed by atoms with van der Waals surface area (Å²) in [6.45, 7) is 4.29. The van der Waals surface area contributed by atoms with Gasteiger partial charge in [-0.15, -0.1) is 0 Å². The van der Waals surface area contributed by atoms with Crippen molar-refractivity contribution in [2.75, 3.05) is 11.5 Å². The summed E-state index contributed by atoms with van der Waals surface area (Å²) in [5.41, 5.74) is 0. The second-order valence-electron chi connectivity index (χ2n) is 3.90. The molecule has 0 amide bonds. The van der Waals surface area contributed by atoms with Crippen LogP contribution >= 0.6 is 11.8 Å². The first kappa shape index (κ1) is 14.3. The van der Waals surface area contributed by atoms with Gasteiger partial charge in [-0.3, -0.25) is 0 Å². The summed E-state index contributed by atoms with van der Waals surface area (Å²) in [6.07, 6.45) is 9.02. The zero-order valence-electron chi connectivity index (χ0n) is 9.80. The monoisotopic (exact) mass is 218 g/mol. The van der Waals surface area contributed by atoms with Crippen LogP contribution in [-0.4, -0.2) is 22.7 Å². The Morgan fingerprint density at radius 2 is 1.64 bits per heavy atom. The molecule has 0 aromatic rings. The van der Waals surface area contributed by atoms with Gasteiger partial charge in [-0.05, 0) is 18.6 Å². The average Bonchev–Trinajstić information content (AvgIpc) is 2.21. The molecule has 0 aliphatic heterocycles. The number of rotatable bonds is 10. The largest absolute Gasteiger partial charge is 0.392 e. The molecule has 0 saturated heterocycles. The molecule has 0 spiro atoms. The summed E-state index contributed by atoms with van der Waals surface area (Å²) in [5.74, 6) is 2.15. The lowest BCUT2D eigenvalue weighted by atomic mass is 10.1. The average molecular weight is 218 g/mol. The third-order valence-corrected chi connectivity index (χ3v) is 3.62. The van der Waals surface area contributed by atoms with Crippen LogP contribution in [0.1, 0.15) is 58.8 Å². The molecule has 1 unspecified atom stereocenters. The van der Waals surface area contributed by atoms with Gasteiger partial charge in [0.05, 0.1) is 6.10 Å². The molecule has 86 valence electrons. The third-order valence-electron chi connectivity index (χ3n) is 2.42. The first-order chi connectivity index (χ1) is 6.81. The molecule has 0 bridgehead atoms. The smallest absolute Gasteiger partial charge is 0.0628 e. The summed E-state index contributed by atoms with van der Waals surface area (Å²) in [7, 11) is 0. The van der Waals surface area contributed by atoms with Crippen molar-refractivity contribution >= 4 is 11.8 Å². The van der Waals surface area contributed by atoms with Crippen LogP contribution in [0.25, 0.3) is 0 Å². The normalized spacial score (nSPS) is 13.1. The van der Waals surface area contributed by atoms with Crippen molar-refractivity contribution < 1.29 is 5.11 Å². The van der Waals surface area contributed by atoms with Gasteiger partial charge in [0.2, 0.25) is 0 Å². The third kappa shape index (κ3) is 10.4. The SMILES string of the molecule is CCCCCCCCSCC(O)CC.